The third-order valence-corrected chi connectivity index (χ3v) is 6.37. The summed E-state index contributed by atoms with van der Waals surface area (Å²) in [7, 11) is 0. The van der Waals surface area contributed by atoms with Crippen LogP contribution in [0.4, 0.5) is 5.69 Å². The highest BCUT2D eigenvalue weighted by molar-refractivity contribution is 7.98. The number of rotatable bonds is 8. The number of amides is 2. The van der Waals surface area contributed by atoms with Crippen molar-refractivity contribution in [3.63, 3.8) is 0 Å². The fourth-order valence-electron chi connectivity index (χ4n) is 3.29. The Kier molecular flexibility index (Phi) is 8.09. The minimum atomic E-state index is -0.265. The van der Waals surface area contributed by atoms with E-state index in [1.54, 1.807) is 23.9 Å². The molecule has 0 bridgehead atoms. The maximum atomic E-state index is 12.5. The van der Waals surface area contributed by atoms with Gasteiger partial charge in [0.2, 0.25) is 0 Å². The van der Waals surface area contributed by atoms with Gasteiger partial charge < -0.3 is 5.32 Å². The Bertz CT molecular complexity index is 1300. The molecule has 4 rings (SSSR count). The van der Waals surface area contributed by atoms with E-state index >= 15 is 0 Å². The van der Waals surface area contributed by atoms with Crippen LogP contribution in [0.5, 0.6) is 0 Å². The van der Waals surface area contributed by atoms with Crippen molar-refractivity contribution in [2.75, 3.05) is 5.32 Å². The number of hydrogen-bond donors (Lipinski definition) is 2. The molecule has 5 nitrogen and oxygen atoms in total. The lowest BCUT2D eigenvalue weighted by molar-refractivity contribution is 0.0954. The van der Waals surface area contributed by atoms with Crippen molar-refractivity contribution in [2.24, 2.45) is 5.10 Å². The second-order valence-corrected chi connectivity index (χ2v) is 8.88. The minimum Gasteiger partial charge on any atom is -0.322 e. The molecule has 174 valence electrons. The Balaban J connectivity index is 1.30. The van der Waals surface area contributed by atoms with E-state index in [1.807, 2.05) is 91.9 Å². The number of nitrogens with zero attached hydrogens (tertiary/aromatic N) is 1. The average molecular weight is 480 g/mol. The molecule has 2 amide bonds. The van der Waals surface area contributed by atoms with E-state index in [9.17, 15) is 9.59 Å². The van der Waals surface area contributed by atoms with Crippen molar-refractivity contribution in [1.82, 2.24) is 5.43 Å². The molecule has 0 heterocycles. The second kappa shape index (κ2) is 11.8. The normalized spacial score (nSPS) is 11.1. The number of carbonyl (C=O) groups is 2. The van der Waals surface area contributed by atoms with Crippen molar-refractivity contribution >= 4 is 35.0 Å². The summed E-state index contributed by atoms with van der Waals surface area (Å²) in [5, 5.41) is 7.10. The molecular formula is C29H25N3O2S. The molecule has 2 N–H and O–H groups in total. The van der Waals surface area contributed by atoms with Gasteiger partial charge >= 0.3 is 0 Å². The first-order chi connectivity index (χ1) is 17.1. The van der Waals surface area contributed by atoms with E-state index in [1.165, 1.54) is 4.90 Å². The average Bonchev–Trinajstić information content (AvgIpc) is 2.92. The van der Waals surface area contributed by atoms with Crippen LogP contribution in [0.25, 0.3) is 0 Å². The van der Waals surface area contributed by atoms with Crippen molar-refractivity contribution in [1.29, 1.82) is 0 Å². The zero-order chi connectivity index (χ0) is 24.5. The van der Waals surface area contributed by atoms with Crippen LogP contribution in [0.1, 0.15) is 38.8 Å². The van der Waals surface area contributed by atoms with Gasteiger partial charge in [0.15, 0.2) is 0 Å². The van der Waals surface area contributed by atoms with Crippen LogP contribution >= 0.6 is 11.8 Å². The van der Waals surface area contributed by atoms with E-state index in [0.29, 0.717) is 22.5 Å². The SMILES string of the molecule is C/C(=N/NC(=O)c1ccc(CSc2ccccc2)cc1)c1ccc(NC(=O)c2ccccc2)cc1. The predicted octanol–water partition coefficient (Wildman–Crippen LogP) is 6.39. The van der Waals surface area contributed by atoms with Gasteiger partial charge in [-0.3, -0.25) is 9.59 Å². The van der Waals surface area contributed by atoms with Gasteiger partial charge in [-0.2, -0.15) is 5.10 Å². The maximum absolute atomic E-state index is 12.5. The van der Waals surface area contributed by atoms with Crippen LogP contribution in [0.2, 0.25) is 0 Å². The molecule has 0 saturated carbocycles. The molecule has 0 aliphatic rings. The molecule has 0 aliphatic heterocycles. The molecule has 0 saturated heterocycles. The monoisotopic (exact) mass is 479 g/mol. The summed E-state index contributed by atoms with van der Waals surface area (Å²) in [5.41, 5.74) is 7.10. The smallest absolute Gasteiger partial charge is 0.271 e. The first-order valence-corrected chi connectivity index (χ1v) is 12.2. The highest BCUT2D eigenvalue weighted by Crippen LogP contribution is 2.22. The highest BCUT2D eigenvalue weighted by Gasteiger charge is 2.07. The van der Waals surface area contributed by atoms with E-state index in [-0.39, 0.29) is 11.8 Å². The van der Waals surface area contributed by atoms with Crippen LogP contribution < -0.4 is 10.7 Å². The van der Waals surface area contributed by atoms with Gasteiger partial charge in [-0.05, 0) is 66.6 Å². The van der Waals surface area contributed by atoms with Gasteiger partial charge in [0.05, 0.1) is 5.71 Å². The summed E-state index contributed by atoms with van der Waals surface area (Å²) in [4.78, 5) is 26.0. The van der Waals surface area contributed by atoms with Gasteiger partial charge in [-0.15, -0.1) is 11.8 Å². The van der Waals surface area contributed by atoms with Gasteiger partial charge in [-0.25, -0.2) is 5.43 Å². The minimum absolute atomic E-state index is 0.166. The molecule has 0 aliphatic carbocycles. The first-order valence-electron chi connectivity index (χ1n) is 11.2. The van der Waals surface area contributed by atoms with E-state index in [4.69, 9.17) is 0 Å². The van der Waals surface area contributed by atoms with Crippen molar-refractivity contribution < 1.29 is 9.59 Å². The Labute approximate surface area is 209 Å². The first kappa shape index (κ1) is 24.0. The lowest BCUT2D eigenvalue weighted by Gasteiger charge is -2.07. The summed E-state index contributed by atoms with van der Waals surface area (Å²) < 4.78 is 0. The topological polar surface area (TPSA) is 70.6 Å². The second-order valence-electron chi connectivity index (χ2n) is 7.83. The van der Waals surface area contributed by atoms with Crippen LogP contribution in [0.15, 0.2) is 119 Å². The van der Waals surface area contributed by atoms with Crippen molar-refractivity contribution in [2.45, 2.75) is 17.6 Å². The summed E-state index contributed by atoms with van der Waals surface area (Å²) in [6.45, 7) is 1.82. The Hall–Kier alpha value is -4.16. The lowest BCUT2D eigenvalue weighted by Crippen LogP contribution is -2.19. The van der Waals surface area contributed by atoms with Crippen LogP contribution in [-0.4, -0.2) is 17.5 Å². The summed E-state index contributed by atoms with van der Waals surface area (Å²) >= 11 is 1.76. The van der Waals surface area contributed by atoms with E-state index < -0.39 is 0 Å². The molecule has 35 heavy (non-hydrogen) atoms. The number of hydrazone groups is 1. The Morgan fingerprint density at radius 2 is 1.26 bits per heavy atom. The zero-order valence-electron chi connectivity index (χ0n) is 19.3. The number of nitrogens with one attached hydrogen (secondary N) is 2. The molecule has 4 aromatic carbocycles. The van der Waals surface area contributed by atoms with Gasteiger partial charge in [0, 0.05) is 27.5 Å². The molecule has 0 unspecified atom stereocenters. The quantitative estimate of drug-likeness (QED) is 0.175. The highest BCUT2D eigenvalue weighted by atomic mass is 32.2. The van der Waals surface area contributed by atoms with Gasteiger partial charge in [0.25, 0.3) is 11.8 Å². The predicted molar refractivity (Wildman–Crippen MR) is 143 cm³/mol. The third-order valence-electron chi connectivity index (χ3n) is 5.29. The van der Waals surface area contributed by atoms with E-state index in [2.05, 4.69) is 28.0 Å². The summed E-state index contributed by atoms with van der Waals surface area (Å²) in [6.07, 6.45) is 0. The lowest BCUT2D eigenvalue weighted by atomic mass is 10.1. The van der Waals surface area contributed by atoms with Crippen LogP contribution in [-0.2, 0) is 5.75 Å². The largest absolute Gasteiger partial charge is 0.322 e. The van der Waals surface area contributed by atoms with Crippen LogP contribution in [0.3, 0.4) is 0 Å². The van der Waals surface area contributed by atoms with Gasteiger partial charge in [-0.1, -0.05) is 60.7 Å². The number of benzene rings is 4. The number of hydrogen-bond acceptors (Lipinski definition) is 4. The number of carbonyl (C=O) groups excluding carboxylic acids is 2. The number of anilines is 1. The van der Waals surface area contributed by atoms with Crippen molar-refractivity contribution in [3.8, 4) is 0 Å². The fourth-order valence-corrected chi connectivity index (χ4v) is 4.16. The van der Waals surface area contributed by atoms with Crippen molar-refractivity contribution in [3.05, 3.63) is 131 Å². The number of thioether (sulfide) groups is 1. The zero-order valence-corrected chi connectivity index (χ0v) is 20.1. The maximum Gasteiger partial charge on any atom is 0.271 e. The molecule has 0 fully saturated rings. The molecular weight excluding hydrogens is 454 g/mol. The molecule has 0 aromatic heterocycles. The fraction of sp³-hybridized carbons (Fsp3) is 0.0690. The standard InChI is InChI=1S/C29H25N3O2S/c1-21(23-16-18-26(19-17-23)30-28(33)24-8-4-2-5-9-24)31-32-29(34)25-14-12-22(13-15-25)20-35-27-10-6-3-7-11-27/h2-19H,20H2,1H3,(H,30,33)(H,32,34)/b31-21-. The van der Waals surface area contributed by atoms with E-state index in [0.717, 1.165) is 16.9 Å². The molecule has 4 aromatic rings. The Morgan fingerprint density at radius 3 is 1.91 bits per heavy atom. The molecule has 0 atom stereocenters. The Morgan fingerprint density at radius 1 is 0.686 bits per heavy atom. The van der Waals surface area contributed by atoms with Gasteiger partial charge in [0.1, 0.15) is 0 Å². The summed E-state index contributed by atoms with van der Waals surface area (Å²) in [6, 6.07) is 34.1. The third kappa shape index (κ3) is 6.91. The van der Waals surface area contributed by atoms with Crippen LogP contribution in [0, 0.1) is 0 Å². The molecule has 0 spiro atoms. The molecule has 0 radical (unpaired) electrons. The molecule has 6 heteroatoms. The summed E-state index contributed by atoms with van der Waals surface area (Å²) in [5.74, 6) is 0.407.